The quantitative estimate of drug-likeness (QED) is 0.220. The summed E-state index contributed by atoms with van der Waals surface area (Å²) in [6, 6.07) is 23.4. The lowest BCUT2D eigenvalue weighted by Gasteiger charge is -2.10. The van der Waals surface area contributed by atoms with E-state index in [-0.39, 0.29) is 11.6 Å². The van der Waals surface area contributed by atoms with Crippen molar-refractivity contribution in [3.8, 4) is 23.0 Å². The molecule has 29 heavy (non-hydrogen) atoms. The van der Waals surface area contributed by atoms with Gasteiger partial charge in [0.05, 0.1) is 4.92 Å². The Morgan fingerprint density at radius 3 is 2.59 bits per heavy atom. The Kier molecular flexibility index (Phi) is 5.53. The molecule has 0 fully saturated rings. The van der Waals surface area contributed by atoms with Gasteiger partial charge in [-0.1, -0.05) is 54.2 Å². The fourth-order valence-electron chi connectivity index (χ4n) is 2.61. The van der Waals surface area contributed by atoms with Crippen molar-refractivity contribution in [1.82, 2.24) is 10.2 Å². The number of nitro benzene ring substituents is 1. The summed E-state index contributed by atoms with van der Waals surface area (Å²) in [5.74, 6) is 2.32. The van der Waals surface area contributed by atoms with Crippen LogP contribution in [0.2, 0.25) is 0 Å². The molecular formula is C21H15N3O4S. The Hall–Kier alpha value is -3.65. The normalized spacial score (nSPS) is 10.6. The fraction of sp³-hybridized carbons (Fsp3) is 0.0476. The lowest BCUT2D eigenvalue weighted by atomic mass is 10.2. The zero-order valence-electron chi connectivity index (χ0n) is 15.1. The van der Waals surface area contributed by atoms with Crippen LogP contribution < -0.4 is 4.74 Å². The minimum absolute atomic E-state index is 0.0260. The summed E-state index contributed by atoms with van der Waals surface area (Å²) >= 11 is 1.37. The third-order valence-corrected chi connectivity index (χ3v) is 4.87. The minimum atomic E-state index is -0.459. The van der Waals surface area contributed by atoms with Gasteiger partial charge in [0, 0.05) is 29.0 Å². The van der Waals surface area contributed by atoms with Gasteiger partial charge in [-0.15, -0.1) is 10.2 Å². The molecule has 0 aliphatic rings. The highest BCUT2D eigenvalue weighted by atomic mass is 32.2. The molecule has 0 aliphatic heterocycles. The van der Waals surface area contributed by atoms with Crippen molar-refractivity contribution in [3.05, 3.63) is 94.5 Å². The zero-order valence-corrected chi connectivity index (χ0v) is 15.9. The van der Waals surface area contributed by atoms with Crippen LogP contribution in [0.4, 0.5) is 5.69 Å². The van der Waals surface area contributed by atoms with E-state index < -0.39 is 4.92 Å². The Morgan fingerprint density at radius 2 is 1.76 bits per heavy atom. The van der Waals surface area contributed by atoms with Crippen LogP contribution in [-0.4, -0.2) is 15.1 Å². The van der Waals surface area contributed by atoms with E-state index in [1.165, 1.54) is 23.9 Å². The number of hydrogen-bond acceptors (Lipinski definition) is 7. The molecule has 7 nitrogen and oxygen atoms in total. The van der Waals surface area contributed by atoms with E-state index in [1.807, 2.05) is 54.6 Å². The number of para-hydroxylation sites is 2. The van der Waals surface area contributed by atoms with Crippen molar-refractivity contribution in [2.24, 2.45) is 0 Å². The minimum Gasteiger partial charge on any atom is -0.457 e. The van der Waals surface area contributed by atoms with E-state index >= 15 is 0 Å². The van der Waals surface area contributed by atoms with E-state index in [0.717, 1.165) is 17.1 Å². The second-order valence-electron chi connectivity index (χ2n) is 5.99. The average Bonchev–Trinajstić information content (AvgIpc) is 3.23. The van der Waals surface area contributed by atoms with E-state index in [9.17, 15) is 10.1 Å². The predicted octanol–water partition coefficient (Wildman–Crippen LogP) is 5.73. The van der Waals surface area contributed by atoms with Gasteiger partial charge in [0.25, 0.3) is 10.9 Å². The van der Waals surface area contributed by atoms with Crippen molar-refractivity contribution in [2.45, 2.75) is 11.0 Å². The van der Waals surface area contributed by atoms with Crippen LogP contribution >= 0.6 is 11.8 Å². The summed E-state index contributed by atoms with van der Waals surface area (Å²) in [7, 11) is 0. The van der Waals surface area contributed by atoms with Crippen LogP contribution in [0.25, 0.3) is 11.5 Å². The lowest BCUT2D eigenvalue weighted by molar-refractivity contribution is -0.384. The van der Waals surface area contributed by atoms with Crippen molar-refractivity contribution >= 4 is 17.4 Å². The van der Waals surface area contributed by atoms with Crippen molar-refractivity contribution in [3.63, 3.8) is 0 Å². The van der Waals surface area contributed by atoms with Gasteiger partial charge in [-0.3, -0.25) is 10.1 Å². The van der Waals surface area contributed by atoms with Crippen LogP contribution in [-0.2, 0) is 5.75 Å². The van der Waals surface area contributed by atoms with Crippen molar-refractivity contribution in [1.29, 1.82) is 0 Å². The first-order valence-corrected chi connectivity index (χ1v) is 9.69. The fourth-order valence-corrected chi connectivity index (χ4v) is 3.37. The first-order chi connectivity index (χ1) is 14.2. The van der Waals surface area contributed by atoms with Gasteiger partial charge < -0.3 is 9.15 Å². The molecule has 4 rings (SSSR count). The molecule has 8 heteroatoms. The van der Waals surface area contributed by atoms with Gasteiger partial charge in [-0.05, 0) is 24.3 Å². The summed E-state index contributed by atoms with van der Waals surface area (Å²) in [6.07, 6.45) is 0. The Bertz CT molecular complexity index is 1130. The molecule has 0 N–H and O–H groups in total. The van der Waals surface area contributed by atoms with E-state index in [0.29, 0.717) is 16.5 Å². The maximum Gasteiger partial charge on any atom is 0.277 e. The van der Waals surface area contributed by atoms with Gasteiger partial charge in [0.15, 0.2) is 0 Å². The maximum absolute atomic E-state index is 10.9. The van der Waals surface area contributed by atoms with E-state index in [1.54, 1.807) is 12.1 Å². The largest absolute Gasteiger partial charge is 0.457 e. The molecule has 0 saturated carbocycles. The van der Waals surface area contributed by atoms with Crippen LogP contribution in [0, 0.1) is 10.1 Å². The molecule has 0 saturated heterocycles. The first kappa shape index (κ1) is 18.7. The molecule has 3 aromatic carbocycles. The molecule has 0 amide bonds. The van der Waals surface area contributed by atoms with Crippen LogP contribution in [0.3, 0.4) is 0 Å². The van der Waals surface area contributed by atoms with Gasteiger partial charge >= 0.3 is 0 Å². The Balaban J connectivity index is 1.47. The van der Waals surface area contributed by atoms with Gasteiger partial charge in [-0.25, -0.2) is 0 Å². The molecule has 1 heterocycles. The SMILES string of the molecule is O=[N+]([O-])c1cccc(-c2nnc(SCc3ccccc3Oc3ccccc3)o2)c1. The third kappa shape index (κ3) is 4.61. The molecule has 4 aromatic rings. The highest BCUT2D eigenvalue weighted by Gasteiger charge is 2.14. The summed E-state index contributed by atoms with van der Waals surface area (Å²) in [5, 5.41) is 19.3. The van der Waals surface area contributed by atoms with Crippen molar-refractivity contribution < 1.29 is 14.1 Å². The molecule has 0 aliphatic carbocycles. The van der Waals surface area contributed by atoms with E-state index in [2.05, 4.69) is 10.2 Å². The number of aromatic nitrogens is 2. The van der Waals surface area contributed by atoms with Crippen LogP contribution in [0.1, 0.15) is 5.56 Å². The molecule has 1 aromatic heterocycles. The van der Waals surface area contributed by atoms with Crippen LogP contribution in [0.5, 0.6) is 11.5 Å². The number of ether oxygens (including phenoxy) is 1. The third-order valence-electron chi connectivity index (χ3n) is 4.01. The monoisotopic (exact) mass is 405 g/mol. The molecule has 0 atom stereocenters. The number of hydrogen-bond donors (Lipinski definition) is 0. The van der Waals surface area contributed by atoms with E-state index in [4.69, 9.17) is 9.15 Å². The number of benzene rings is 3. The van der Waals surface area contributed by atoms with Gasteiger partial charge in [0.2, 0.25) is 5.89 Å². The number of rotatable bonds is 7. The summed E-state index contributed by atoms with van der Waals surface area (Å²) in [4.78, 5) is 10.5. The number of nitro groups is 1. The smallest absolute Gasteiger partial charge is 0.277 e. The lowest BCUT2D eigenvalue weighted by Crippen LogP contribution is -1.90. The molecular weight excluding hydrogens is 390 g/mol. The van der Waals surface area contributed by atoms with Crippen molar-refractivity contribution in [2.75, 3.05) is 0 Å². The standard InChI is InChI=1S/C21H15N3O4S/c25-24(26)17-9-6-8-15(13-17)20-22-23-21(28-20)29-14-16-7-4-5-12-19(16)27-18-10-2-1-3-11-18/h1-13H,14H2. The average molecular weight is 405 g/mol. The number of non-ortho nitro benzene ring substituents is 1. The molecule has 0 spiro atoms. The first-order valence-electron chi connectivity index (χ1n) is 8.71. The Morgan fingerprint density at radius 1 is 0.966 bits per heavy atom. The molecule has 0 unspecified atom stereocenters. The Labute approximate surface area is 170 Å². The maximum atomic E-state index is 10.9. The summed E-state index contributed by atoms with van der Waals surface area (Å²) < 4.78 is 11.6. The highest BCUT2D eigenvalue weighted by Crippen LogP contribution is 2.32. The van der Waals surface area contributed by atoms with Gasteiger partial charge in [0.1, 0.15) is 11.5 Å². The second kappa shape index (κ2) is 8.57. The zero-order chi connectivity index (χ0) is 20.1. The number of thioether (sulfide) groups is 1. The summed E-state index contributed by atoms with van der Waals surface area (Å²) in [6.45, 7) is 0. The highest BCUT2D eigenvalue weighted by molar-refractivity contribution is 7.98. The van der Waals surface area contributed by atoms with Crippen LogP contribution in [0.15, 0.2) is 88.5 Å². The second-order valence-corrected chi connectivity index (χ2v) is 6.92. The molecule has 144 valence electrons. The summed E-state index contributed by atoms with van der Waals surface area (Å²) in [5.41, 5.74) is 1.46. The van der Waals surface area contributed by atoms with Gasteiger partial charge in [-0.2, -0.15) is 0 Å². The molecule has 0 radical (unpaired) electrons. The topological polar surface area (TPSA) is 91.3 Å². The predicted molar refractivity (Wildman–Crippen MR) is 109 cm³/mol. The number of nitrogens with zero attached hydrogens (tertiary/aromatic N) is 3. The molecule has 0 bridgehead atoms.